The Morgan fingerprint density at radius 3 is 2.94 bits per heavy atom. The number of rotatable bonds is 3. The molecule has 3 N–H and O–H groups in total. The molecule has 1 aromatic rings. The molecule has 2 rings (SSSR count). The second kappa shape index (κ2) is 4.49. The van der Waals surface area contributed by atoms with Gasteiger partial charge in [0.05, 0.1) is 5.69 Å². The van der Waals surface area contributed by atoms with E-state index in [0.29, 0.717) is 6.54 Å². The van der Waals surface area contributed by atoms with E-state index >= 15 is 0 Å². The number of nitrogen functional groups attached to an aromatic ring is 1. The van der Waals surface area contributed by atoms with Gasteiger partial charge in [-0.2, -0.15) is 0 Å². The first-order chi connectivity index (χ1) is 7.77. The van der Waals surface area contributed by atoms with E-state index in [1.54, 1.807) is 10.6 Å². The summed E-state index contributed by atoms with van der Waals surface area (Å²) in [6.45, 7) is 4.18. The molecule has 5 nitrogen and oxygen atoms in total. The fraction of sp³-hybridized carbons (Fsp3) is 0.455. The highest BCUT2D eigenvalue weighted by molar-refractivity contribution is 5.34. The summed E-state index contributed by atoms with van der Waals surface area (Å²) in [7, 11) is 0. The van der Waals surface area contributed by atoms with Crippen LogP contribution in [-0.4, -0.2) is 9.55 Å². The standard InChI is InChI=1S/C11H16N4O/c1-2-7-15-9-6-4-3-5-8(9)13-10(14-12)11(15)16/h2H,1,3-7,12H2,(H,13,14). The van der Waals surface area contributed by atoms with Gasteiger partial charge < -0.3 is 9.99 Å². The molecule has 0 aliphatic heterocycles. The van der Waals surface area contributed by atoms with Crippen LogP contribution in [-0.2, 0) is 19.4 Å². The van der Waals surface area contributed by atoms with Crippen molar-refractivity contribution >= 4 is 5.82 Å². The molecule has 1 aromatic heterocycles. The molecule has 0 atom stereocenters. The third-order valence-electron chi connectivity index (χ3n) is 2.88. The topological polar surface area (TPSA) is 72.9 Å². The van der Waals surface area contributed by atoms with Gasteiger partial charge in [-0.15, -0.1) is 6.58 Å². The summed E-state index contributed by atoms with van der Waals surface area (Å²) in [5.74, 6) is 5.52. The third kappa shape index (κ3) is 1.74. The molecule has 0 bridgehead atoms. The first-order valence-electron chi connectivity index (χ1n) is 5.48. The van der Waals surface area contributed by atoms with Crippen molar-refractivity contribution in [3.05, 3.63) is 34.4 Å². The van der Waals surface area contributed by atoms with Crippen molar-refractivity contribution in [3.63, 3.8) is 0 Å². The Hall–Kier alpha value is -1.62. The van der Waals surface area contributed by atoms with Crippen LogP contribution < -0.4 is 16.8 Å². The van der Waals surface area contributed by atoms with Gasteiger partial charge >= 0.3 is 0 Å². The van der Waals surface area contributed by atoms with Crippen LogP contribution in [0.3, 0.4) is 0 Å². The predicted molar refractivity (Wildman–Crippen MR) is 63.1 cm³/mol. The van der Waals surface area contributed by atoms with Crippen molar-refractivity contribution in [2.75, 3.05) is 5.43 Å². The molecule has 1 heterocycles. The van der Waals surface area contributed by atoms with E-state index in [9.17, 15) is 4.79 Å². The maximum Gasteiger partial charge on any atom is 0.295 e. The van der Waals surface area contributed by atoms with Gasteiger partial charge in [0.1, 0.15) is 0 Å². The number of nitrogens with two attached hydrogens (primary N) is 1. The zero-order chi connectivity index (χ0) is 11.5. The SMILES string of the molecule is C=CCn1c2c(nc(NN)c1=O)CCCC2. The minimum Gasteiger partial charge on any atom is -0.304 e. The minimum absolute atomic E-state index is 0.164. The first-order valence-corrected chi connectivity index (χ1v) is 5.48. The molecule has 0 amide bonds. The second-order valence-corrected chi connectivity index (χ2v) is 3.91. The Balaban J connectivity index is 2.62. The van der Waals surface area contributed by atoms with Crippen LogP contribution >= 0.6 is 0 Å². The first kappa shape index (κ1) is 10.9. The number of aryl methyl sites for hydroxylation is 1. The number of hydrazine groups is 1. The molecule has 16 heavy (non-hydrogen) atoms. The Kier molecular flexibility index (Phi) is 3.05. The molecular formula is C11H16N4O. The maximum absolute atomic E-state index is 12.0. The van der Waals surface area contributed by atoms with Gasteiger partial charge in [-0.1, -0.05) is 6.08 Å². The summed E-state index contributed by atoms with van der Waals surface area (Å²) < 4.78 is 1.71. The molecule has 0 fully saturated rings. The van der Waals surface area contributed by atoms with E-state index in [1.807, 2.05) is 0 Å². The van der Waals surface area contributed by atoms with Crippen LogP contribution in [0.25, 0.3) is 0 Å². The fourth-order valence-corrected chi connectivity index (χ4v) is 2.13. The molecule has 0 aromatic carbocycles. The largest absolute Gasteiger partial charge is 0.304 e. The minimum atomic E-state index is -0.164. The number of nitrogens with zero attached hydrogens (tertiary/aromatic N) is 2. The Morgan fingerprint density at radius 2 is 2.25 bits per heavy atom. The number of hydrogen-bond acceptors (Lipinski definition) is 4. The van der Waals surface area contributed by atoms with Gasteiger partial charge in [-0.25, -0.2) is 10.8 Å². The summed E-state index contributed by atoms with van der Waals surface area (Å²) in [5, 5.41) is 0. The predicted octanol–water partition coefficient (Wildman–Crippen LogP) is 0.594. The van der Waals surface area contributed by atoms with Crippen LogP contribution in [0.15, 0.2) is 17.4 Å². The molecule has 0 unspecified atom stereocenters. The molecule has 86 valence electrons. The summed E-state index contributed by atoms with van der Waals surface area (Å²) in [5.41, 5.74) is 4.23. The van der Waals surface area contributed by atoms with Crippen LogP contribution in [0.1, 0.15) is 24.2 Å². The number of anilines is 1. The van der Waals surface area contributed by atoms with Crippen LogP contribution in [0, 0.1) is 0 Å². The summed E-state index contributed by atoms with van der Waals surface area (Å²) in [4.78, 5) is 16.2. The van der Waals surface area contributed by atoms with Crippen molar-refractivity contribution in [1.82, 2.24) is 9.55 Å². The zero-order valence-corrected chi connectivity index (χ0v) is 9.20. The monoisotopic (exact) mass is 220 g/mol. The third-order valence-corrected chi connectivity index (χ3v) is 2.88. The summed E-state index contributed by atoms with van der Waals surface area (Å²) in [6.07, 6.45) is 5.78. The highest BCUT2D eigenvalue weighted by atomic mass is 16.1. The Labute approximate surface area is 94.0 Å². The molecule has 1 aliphatic rings. The lowest BCUT2D eigenvalue weighted by atomic mass is 10.00. The smallest absolute Gasteiger partial charge is 0.295 e. The molecule has 0 saturated heterocycles. The number of fused-ring (bicyclic) bond motifs is 1. The quantitative estimate of drug-likeness (QED) is 0.444. The van der Waals surface area contributed by atoms with Gasteiger partial charge in [0.25, 0.3) is 5.56 Å². The maximum atomic E-state index is 12.0. The molecule has 5 heteroatoms. The molecule has 0 radical (unpaired) electrons. The van der Waals surface area contributed by atoms with Crippen LogP contribution in [0.5, 0.6) is 0 Å². The van der Waals surface area contributed by atoms with Gasteiger partial charge in [0.2, 0.25) is 5.82 Å². The average Bonchev–Trinajstić information content (AvgIpc) is 2.32. The van der Waals surface area contributed by atoms with E-state index in [-0.39, 0.29) is 11.4 Å². The van der Waals surface area contributed by atoms with Crippen LogP contribution in [0.4, 0.5) is 5.82 Å². The van der Waals surface area contributed by atoms with Crippen molar-refractivity contribution in [1.29, 1.82) is 0 Å². The summed E-state index contributed by atoms with van der Waals surface area (Å²) >= 11 is 0. The van der Waals surface area contributed by atoms with Gasteiger partial charge in [-0.3, -0.25) is 4.79 Å². The lowest BCUT2D eigenvalue weighted by molar-refractivity contribution is 0.590. The van der Waals surface area contributed by atoms with Crippen molar-refractivity contribution in [2.45, 2.75) is 32.2 Å². The van der Waals surface area contributed by atoms with E-state index in [1.165, 1.54) is 0 Å². The zero-order valence-electron chi connectivity index (χ0n) is 9.20. The number of nitrogens with one attached hydrogen (secondary N) is 1. The molecule has 0 spiro atoms. The van der Waals surface area contributed by atoms with E-state index in [2.05, 4.69) is 17.0 Å². The summed E-state index contributed by atoms with van der Waals surface area (Å²) in [6, 6.07) is 0. The molecule has 1 aliphatic carbocycles. The number of allylic oxidation sites excluding steroid dienone is 1. The van der Waals surface area contributed by atoms with E-state index in [0.717, 1.165) is 37.1 Å². The Bertz CT molecular complexity index is 464. The highest BCUT2D eigenvalue weighted by Gasteiger charge is 2.18. The normalized spacial score (nSPS) is 14.3. The second-order valence-electron chi connectivity index (χ2n) is 3.91. The van der Waals surface area contributed by atoms with Crippen molar-refractivity contribution < 1.29 is 0 Å². The van der Waals surface area contributed by atoms with E-state index < -0.39 is 0 Å². The molecule has 0 saturated carbocycles. The average molecular weight is 220 g/mol. The molecular weight excluding hydrogens is 204 g/mol. The number of hydrogen-bond donors (Lipinski definition) is 2. The fourth-order valence-electron chi connectivity index (χ4n) is 2.13. The highest BCUT2D eigenvalue weighted by Crippen LogP contribution is 2.19. The van der Waals surface area contributed by atoms with Crippen molar-refractivity contribution in [3.8, 4) is 0 Å². The van der Waals surface area contributed by atoms with E-state index in [4.69, 9.17) is 5.84 Å². The van der Waals surface area contributed by atoms with Gasteiger partial charge in [0.15, 0.2) is 0 Å². The van der Waals surface area contributed by atoms with Crippen molar-refractivity contribution in [2.24, 2.45) is 5.84 Å². The Morgan fingerprint density at radius 1 is 1.50 bits per heavy atom. The lowest BCUT2D eigenvalue weighted by Crippen LogP contribution is -2.32. The van der Waals surface area contributed by atoms with Crippen LogP contribution in [0.2, 0.25) is 0 Å². The number of aromatic nitrogens is 2. The van der Waals surface area contributed by atoms with Gasteiger partial charge in [-0.05, 0) is 25.7 Å². The van der Waals surface area contributed by atoms with Gasteiger partial charge in [0, 0.05) is 12.2 Å². The lowest BCUT2D eigenvalue weighted by Gasteiger charge is -2.20.